The first kappa shape index (κ1) is 12.9. The van der Waals surface area contributed by atoms with Gasteiger partial charge < -0.3 is 10.6 Å². The molecule has 3 nitrogen and oxygen atoms in total. The van der Waals surface area contributed by atoms with Crippen molar-refractivity contribution >= 4 is 5.91 Å². The lowest BCUT2D eigenvalue weighted by Gasteiger charge is -2.43. The molecule has 2 aliphatic carbocycles. The van der Waals surface area contributed by atoms with Crippen LogP contribution in [0.5, 0.6) is 0 Å². The van der Waals surface area contributed by atoms with Gasteiger partial charge in [0.1, 0.15) is 0 Å². The number of carbonyl (C=O) groups is 1. The van der Waals surface area contributed by atoms with Crippen molar-refractivity contribution in [1.29, 1.82) is 0 Å². The maximum absolute atomic E-state index is 11.5. The van der Waals surface area contributed by atoms with Crippen LogP contribution < -0.4 is 10.6 Å². The summed E-state index contributed by atoms with van der Waals surface area (Å²) in [6, 6.07) is 0.483. The Bertz CT molecular complexity index is 309. The second kappa shape index (κ2) is 4.27. The van der Waals surface area contributed by atoms with Crippen LogP contribution in [0.15, 0.2) is 0 Å². The van der Waals surface area contributed by atoms with E-state index in [9.17, 15) is 4.79 Å². The molecule has 0 aliphatic heterocycles. The largest absolute Gasteiger partial charge is 0.355 e. The molecule has 2 N–H and O–H groups in total. The molecule has 0 aromatic rings. The molecule has 2 bridgehead atoms. The van der Waals surface area contributed by atoms with Crippen molar-refractivity contribution in [3.8, 4) is 0 Å². The smallest absolute Gasteiger partial charge is 0.233 e. The van der Waals surface area contributed by atoms with Gasteiger partial charge in [-0.2, -0.15) is 0 Å². The van der Waals surface area contributed by atoms with E-state index in [0.29, 0.717) is 30.0 Å². The van der Waals surface area contributed by atoms with Gasteiger partial charge in [0.05, 0.1) is 6.54 Å². The monoisotopic (exact) mass is 238 g/mol. The third kappa shape index (κ3) is 2.10. The van der Waals surface area contributed by atoms with Crippen molar-refractivity contribution in [2.75, 3.05) is 13.1 Å². The van der Waals surface area contributed by atoms with Gasteiger partial charge in [0.2, 0.25) is 5.91 Å². The van der Waals surface area contributed by atoms with Crippen LogP contribution in [0, 0.1) is 16.7 Å². The van der Waals surface area contributed by atoms with Crippen LogP contribution in [0.25, 0.3) is 0 Å². The van der Waals surface area contributed by atoms with Gasteiger partial charge >= 0.3 is 0 Å². The van der Waals surface area contributed by atoms with Gasteiger partial charge in [-0.15, -0.1) is 0 Å². The van der Waals surface area contributed by atoms with Gasteiger partial charge in [0, 0.05) is 12.6 Å². The number of carbonyl (C=O) groups excluding carboxylic acids is 1. The molecule has 0 radical (unpaired) electrons. The third-order valence-electron chi connectivity index (χ3n) is 5.11. The molecule has 0 saturated heterocycles. The molecular formula is C14H26N2O. The molecule has 0 spiro atoms. The molecule has 3 heteroatoms. The summed E-state index contributed by atoms with van der Waals surface area (Å²) in [7, 11) is 0. The molecule has 1 amide bonds. The standard InChI is InChI=1S/C14H26N2O/c1-5-15-11(17)9-16-12-13(2,3)10-6-7-14(12,4)8-10/h10,12,16H,5-9H2,1-4H3,(H,15,17)/t10-,12?,14+/m0/s1. The molecule has 0 aromatic heterocycles. The first-order valence-electron chi connectivity index (χ1n) is 6.90. The average molecular weight is 238 g/mol. The van der Waals surface area contributed by atoms with Gasteiger partial charge in [0.15, 0.2) is 0 Å². The van der Waals surface area contributed by atoms with Crippen LogP contribution in [-0.4, -0.2) is 25.0 Å². The molecule has 98 valence electrons. The van der Waals surface area contributed by atoms with Gasteiger partial charge in [-0.1, -0.05) is 20.8 Å². The molecule has 2 rings (SSSR count). The van der Waals surface area contributed by atoms with Crippen molar-refractivity contribution < 1.29 is 4.79 Å². The number of nitrogens with one attached hydrogen (secondary N) is 2. The molecule has 2 saturated carbocycles. The quantitative estimate of drug-likeness (QED) is 0.786. The van der Waals surface area contributed by atoms with E-state index in [1.165, 1.54) is 19.3 Å². The highest BCUT2D eigenvalue weighted by atomic mass is 16.1. The number of hydrogen-bond donors (Lipinski definition) is 2. The van der Waals surface area contributed by atoms with E-state index in [0.717, 1.165) is 5.92 Å². The van der Waals surface area contributed by atoms with Gasteiger partial charge in [-0.3, -0.25) is 4.79 Å². The number of rotatable bonds is 4. The fourth-order valence-corrected chi connectivity index (χ4v) is 4.27. The second-order valence-electron chi connectivity index (χ2n) is 6.68. The molecular weight excluding hydrogens is 212 g/mol. The topological polar surface area (TPSA) is 41.1 Å². The SMILES string of the molecule is CCNC(=O)CNC1C(C)(C)[C@H]2CC[C@]1(C)C2. The highest BCUT2D eigenvalue weighted by Gasteiger charge is 2.58. The lowest BCUT2D eigenvalue weighted by molar-refractivity contribution is -0.120. The molecule has 2 fully saturated rings. The maximum Gasteiger partial charge on any atom is 0.233 e. The van der Waals surface area contributed by atoms with Crippen LogP contribution in [0.2, 0.25) is 0 Å². The van der Waals surface area contributed by atoms with Crippen LogP contribution in [0.4, 0.5) is 0 Å². The molecule has 2 aliphatic rings. The minimum absolute atomic E-state index is 0.120. The van der Waals surface area contributed by atoms with E-state index in [-0.39, 0.29) is 5.91 Å². The number of amides is 1. The number of hydrogen-bond acceptors (Lipinski definition) is 2. The highest BCUT2D eigenvalue weighted by molar-refractivity contribution is 5.77. The number of likely N-dealkylation sites (N-methyl/N-ethyl adjacent to an activating group) is 1. The normalized spacial score (nSPS) is 38.4. The molecule has 1 unspecified atom stereocenters. The zero-order valence-corrected chi connectivity index (χ0v) is 11.6. The Kier molecular flexibility index (Phi) is 3.23. The summed E-state index contributed by atoms with van der Waals surface area (Å²) in [6.45, 7) is 10.2. The van der Waals surface area contributed by atoms with Gasteiger partial charge in [0.25, 0.3) is 0 Å². The van der Waals surface area contributed by atoms with Crippen LogP contribution in [0.3, 0.4) is 0 Å². The zero-order chi connectivity index (χ0) is 12.7. The van der Waals surface area contributed by atoms with Crippen LogP contribution in [-0.2, 0) is 4.79 Å². The van der Waals surface area contributed by atoms with Gasteiger partial charge in [-0.05, 0) is 42.9 Å². The Morgan fingerprint density at radius 1 is 1.35 bits per heavy atom. The Morgan fingerprint density at radius 3 is 2.59 bits per heavy atom. The summed E-state index contributed by atoms with van der Waals surface area (Å²) in [4.78, 5) is 11.5. The van der Waals surface area contributed by atoms with Crippen molar-refractivity contribution in [1.82, 2.24) is 10.6 Å². The van der Waals surface area contributed by atoms with E-state index < -0.39 is 0 Å². The lowest BCUT2D eigenvalue weighted by Crippen LogP contribution is -2.52. The van der Waals surface area contributed by atoms with Crippen molar-refractivity contribution in [3.05, 3.63) is 0 Å². The minimum atomic E-state index is 0.120. The summed E-state index contributed by atoms with van der Waals surface area (Å²) < 4.78 is 0. The molecule has 17 heavy (non-hydrogen) atoms. The van der Waals surface area contributed by atoms with Crippen molar-refractivity contribution in [3.63, 3.8) is 0 Å². The van der Waals surface area contributed by atoms with E-state index >= 15 is 0 Å². The van der Waals surface area contributed by atoms with E-state index in [1.807, 2.05) is 6.92 Å². The highest BCUT2D eigenvalue weighted by Crippen LogP contribution is 2.62. The summed E-state index contributed by atoms with van der Waals surface area (Å²) in [5.41, 5.74) is 0.736. The molecule has 0 heterocycles. The van der Waals surface area contributed by atoms with Crippen molar-refractivity contribution in [2.45, 2.75) is 53.0 Å². The lowest BCUT2D eigenvalue weighted by atomic mass is 9.68. The average Bonchev–Trinajstić information content (AvgIpc) is 2.69. The van der Waals surface area contributed by atoms with E-state index in [1.54, 1.807) is 0 Å². The van der Waals surface area contributed by atoms with E-state index in [4.69, 9.17) is 0 Å². The zero-order valence-electron chi connectivity index (χ0n) is 11.6. The number of fused-ring (bicyclic) bond motifs is 2. The molecule has 3 atom stereocenters. The van der Waals surface area contributed by atoms with Crippen molar-refractivity contribution in [2.24, 2.45) is 16.7 Å². The fourth-order valence-electron chi connectivity index (χ4n) is 4.27. The second-order valence-corrected chi connectivity index (χ2v) is 6.68. The fraction of sp³-hybridized carbons (Fsp3) is 0.929. The van der Waals surface area contributed by atoms with Crippen LogP contribution >= 0.6 is 0 Å². The Morgan fingerprint density at radius 2 is 2.06 bits per heavy atom. The minimum Gasteiger partial charge on any atom is -0.355 e. The first-order chi connectivity index (χ1) is 7.90. The Hall–Kier alpha value is -0.570. The summed E-state index contributed by atoms with van der Waals surface area (Å²) in [6.07, 6.45) is 4.00. The Labute approximate surface area is 105 Å². The first-order valence-corrected chi connectivity index (χ1v) is 6.90. The van der Waals surface area contributed by atoms with Crippen LogP contribution in [0.1, 0.15) is 47.0 Å². The summed E-state index contributed by atoms with van der Waals surface area (Å²) >= 11 is 0. The third-order valence-corrected chi connectivity index (χ3v) is 5.11. The van der Waals surface area contributed by atoms with E-state index in [2.05, 4.69) is 31.4 Å². The maximum atomic E-state index is 11.5. The van der Waals surface area contributed by atoms with Gasteiger partial charge in [-0.25, -0.2) is 0 Å². The summed E-state index contributed by atoms with van der Waals surface area (Å²) in [5.74, 6) is 0.953. The predicted octanol–water partition coefficient (Wildman–Crippen LogP) is 1.93. The summed E-state index contributed by atoms with van der Waals surface area (Å²) in [5, 5.41) is 6.37. The Balaban J connectivity index is 1.98. The molecule has 0 aromatic carbocycles. The predicted molar refractivity (Wildman–Crippen MR) is 69.7 cm³/mol.